The molecule has 0 fully saturated rings. The first-order valence-electron chi connectivity index (χ1n) is 7.59. The lowest BCUT2D eigenvalue weighted by atomic mass is 10.2. The molecule has 0 aliphatic heterocycles. The predicted octanol–water partition coefficient (Wildman–Crippen LogP) is 3.13. The molecule has 1 N–H and O–H groups in total. The Labute approximate surface area is 151 Å². The number of rotatable bonds is 4. The topological polar surface area (TPSA) is 89.6 Å². The second-order valence-electron chi connectivity index (χ2n) is 5.46. The van der Waals surface area contributed by atoms with Crippen molar-refractivity contribution in [2.45, 2.75) is 6.54 Å². The van der Waals surface area contributed by atoms with Gasteiger partial charge in [0, 0.05) is 11.6 Å². The first-order chi connectivity index (χ1) is 12.6. The second-order valence-corrected chi connectivity index (χ2v) is 5.86. The summed E-state index contributed by atoms with van der Waals surface area (Å²) in [5.74, 6) is -0.0925. The van der Waals surface area contributed by atoms with Crippen molar-refractivity contribution >= 4 is 11.6 Å². The minimum atomic E-state index is -0.469. The minimum absolute atomic E-state index is 0.0173. The van der Waals surface area contributed by atoms with E-state index in [4.69, 9.17) is 16.1 Å². The number of nitrogens with one attached hydrogen (secondary N) is 1. The van der Waals surface area contributed by atoms with Crippen molar-refractivity contribution in [3.63, 3.8) is 0 Å². The summed E-state index contributed by atoms with van der Waals surface area (Å²) in [7, 11) is 0. The zero-order valence-electron chi connectivity index (χ0n) is 13.2. The Hall–Kier alpha value is -3.26. The second kappa shape index (κ2) is 6.57. The van der Waals surface area contributed by atoms with Gasteiger partial charge in [-0.25, -0.2) is 9.37 Å². The Bertz CT molecular complexity index is 1120. The fraction of sp³-hybridized carbons (Fsp3) is 0.0588. The minimum Gasteiger partial charge on any atom is -0.364 e. The maximum Gasteiger partial charge on any atom is 0.269 e. The standard InChI is InChI=1S/C17H11ClFN5O2/c18-11-8-20-16(21-17(11)25)14-7-15(13-5-6-26-23-13)24(22-14)9-10-3-1-2-4-12(10)19/h1-8H,9H2,(H,20,21,25). The van der Waals surface area contributed by atoms with E-state index in [0.717, 1.165) is 0 Å². The summed E-state index contributed by atoms with van der Waals surface area (Å²) in [6.07, 6.45) is 2.68. The fourth-order valence-electron chi connectivity index (χ4n) is 2.50. The zero-order chi connectivity index (χ0) is 18.1. The van der Waals surface area contributed by atoms with E-state index >= 15 is 0 Å². The molecule has 0 saturated heterocycles. The highest BCUT2D eigenvalue weighted by Gasteiger charge is 2.16. The van der Waals surface area contributed by atoms with E-state index in [1.54, 1.807) is 35.0 Å². The molecule has 0 unspecified atom stereocenters. The van der Waals surface area contributed by atoms with Crippen LogP contribution < -0.4 is 5.56 Å². The fourth-order valence-corrected chi connectivity index (χ4v) is 2.60. The molecule has 1 aromatic carbocycles. The van der Waals surface area contributed by atoms with Gasteiger partial charge in [0.15, 0.2) is 5.82 Å². The average molecular weight is 372 g/mol. The Morgan fingerprint density at radius 2 is 2.08 bits per heavy atom. The molecule has 0 aliphatic carbocycles. The van der Waals surface area contributed by atoms with Crippen LogP contribution in [-0.2, 0) is 6.54 Å². The molecule has 3 aromatic heterocycles. The number of halogens is 2. The van der Waals surface area contributed by atoms with Crippen molar-refractivity contribution in [3.8, 4) is 22.9 Å². The van der Waals surface area contributed by atoms with Crippen molar-refractivity contribution in [2.24, 2.45) is 0 Å². The predicted molar refractivity (Wildman–Crippen MR) is 92.1 cm³/mol. The van der Waals surface area contributed by atoms with Crippen molar-refractivity contribution in [3.05, 3.63) is 75.6 Å². The highest BCUT2D eigenvalue weighted by Crippen LogP contribution is 2.24. The summed E-state index contributed by atoms with van der Waals surface area (Å²) in [5.41, 5.74) is 1.51. The monoisotopic (exact) mass is 371 g/mol. The van der Waals surface area contributed by atoms with Gasteiger partial charge in [0.2, 0.25) is 0 Å². The molecule has 26 heavy (non-hydrogen) atoms. The normalized spacial score (nSPS) is 11.0. The largest absolute Gasteiger partial charge is 0.364 e. The van der Waals surface area contributed by atoms with Crippen LogP contribution in [-0.4, -0.2) is 24.9 Å². The van der Waals surface area contributed by atoms with Crippen LogP contribution in [0.1, 0.15) is 5.56 Å². The van der Waals surface area contributed by atoms with Crippen LogP contribution >= 0.6 is 11.6 Å². The summed E-state index contributed by atoms with van der Waals surface area (Å²) in [5, 5.41) is 8.33. The number of aromatic amines is 1. The number of nitrogens with zero attached hydrogens (tertiary/aromatic N) is 4. The Morgan fingerprint density at radius 1 is 1.23 bits per heavy atom. The van der Waals surface area contributed by atoms with Crippen molar-refractivity contribution in [2.75, 3.05) is 0 Å². The third-order valence-corrected chi connectivity index (χ3v) is 4.03. The lowest BCUT2D eigenvalue weighted by Crippen LogP contribution is -2.09. The van der Waals surface area contributed by atoms with Crippen molar-refractivity contribution in [1.82, 2.24) is 24.9 Å². The van der Waals surface area contributed by atoms with Crippen LogP contribution in [0.3, 0.4) is 0 Å². The van der Waals surface area contributed by atoms with E-state index in [2.05, 4.69) is 20.2 Å². The first kappa shape index (κ1) is 16.2. The molecular weight excluding hydrogens is 361 g/mol. The summed E-state index contributed by atoms with van der Waals surface area (Å²) in [4.78, 5) is 18.4. The van der Waals surface area contributed by atoms with Gasteiger partial charge in [0.25, 0.3) is 5.56 Å². The van der Waals surface area contributed by atoms with Gasteiger partial charge in [-0.15, -0.1) is 0 Å². The van der Waals surface area contributed by atoms with E-state index in [1.165, 1.54) is 18.5 Å². The molecule has 0 bridgehead atoms. The molecule has 4 aromatic rings. The first-order valence-corrected chi connectivity index (χ1v) is 7.97. The SMILES string of the molecule is O=c1[nH]c(-c2cc(-c3ccon3)n(Cc3ccccc3F)n2)ncc1Cl. The Kier molecular flexibility index (Phi) is 4.10. The van der Waals surface area contributed by atoms with Crippen molar-refractivity contribution < 1.29 is 8.91 Å². The Morgan fingerprint density at radius 3 is 2.81 bits per heavy atom. The summed E-state index contributed by atoms with van der Waals surface area (Å²) < 4.78 is 20.5. The molecule has 0 aliphatic rings. The van der Waals surface area contributed by atoms with Crippen LogP contribution in [0.15, 0.2) is 58.2 Å². The zero-order valence-corrected chi connectivity index (χ0v) is 13.9. The number of H-pyrrole nitrogens is 1. The Balaban J connectivity index is 1.82. The lowest BCUT2D eigenvalue weighted by molar-refractivity contribution is 0.421. The molecule has 0 amide bonds. The molecule has 0 spiro atoms. The van der Waals surface area contributed by atoms with E-state index in [1.807, 2.05) is 0 Å². The highest BCUT2D eigenvalue weighted by atomic mass is 35.5. The van der Waals surface area contributed by atoms with Gasteiger partial charge in [-0.1, -0.05) is 35.0 Å². The molecule has 130 valence electrons. The van der Waals surface area contributed by atoms with E-state index in [0.29, 0.717) is 22.6 Å². The number of hydrogen-bond acceptors (Lipinski definition) is 5. The third-order valence-electron chi connectivity index (χ3n) is 3.76. The quantitative estimate of drug-likeness (QED) is 0.595. The van der Waals surface area contributed by atoms with Gasteiger partial charge < -0.3 is 9.51 Å². The summed E-state index contributed by atoms with van der Waals surface area (Å²) in [6.45, 7) is 0.173. The number of aromatic nitrogens is 5. The average Bonchev–Trinajstić information content (AvgIpc) is 3.29. The summed E-state index contributed by atoms with van der Waals surface area (Å²) in [6, 6.07) is 9.77. The molecule has 7 nitrogen and oxygen atoms in total. The maximum atomic E-state index is 14.0. The van der Waals surface area contributed by atoms with Gasteiger partial charge in [-0.05, 0) is 12.1 Å². The molecule has 0 radical (unpaired) electrons. The molecule has 3 heterocycles. The highest BCUT2D eigenvalue weighted by molar-refractivity contribution is 6.30. The van der Waals surface area contributed by atoms with Crippen LogP contribution in [0, 0.1) is 5.82 Å². The molecule has 0 saturated carbocycles. The molecule has 9 heteroatoms. The number of hydrogen-bond donors (Lipinski definition) is 1. The van der Waals surface area contributed by atoms with Gasteiger partial charge >= 0.3 is 0 Å². The van der Waals surface area contributed by atoms with Crippen molar-refractivity contribution in [1.29, 1.82) is 0 Å². The maximum absolute atomic E-state index is 14.0. The summed E-state index contributed by atoms with van der Waals surface area (Å²) >= 11 is 5.71. The van der Waals surface area contributed by atoms with Gasteiger partial charge in [-0.2, -0.15) is 5.10 Å². The van der Waals surface area contributed by atoms with Gasteiger partial charge in [0.05, 0.1) is 18.4 Å². The van der Waals surface area contributed by atoms with Crippen LogP contribution in [0.25, 0.3) is 22.9 Å². The van der Waals surface area contributed by atoms with Crippen LogP contribution in [0.2, 0.25) is 5.02 Å². The van der Waals surface area contributed by atoms with E-state index in [-0.39, 0.29) is 23.2 Å². The smallest absolute Gasteiger partial charge is 0.269 e. The molecule has 0 atom stereocenters. The third kappa shape index (κ3) is 3.02. The van der Waals surface area contributed by atoms with Gasteiger partial charge in [0.1, 0.15) is 28.5 Å². The van der Waals surface area contributed by atoms with Gasteiger partial charge in [-0.3, -0.25) is 9.48 Å². The van der Waals surface area contributed by atoms with E-state index in [9.17, 15) is 9.18 Å². The molecule has 4 rings (SSSR count). The number of benzene rings is 1. The van der Waals surface area contributed by atoms with Crippen LogP contribution in [0.5, 0.6) is 0 Å². The lowest BCUT2D eigenvalue weighted by Gasteiger charge is -2.06. The van der Waals surface area contributed by atoms with E-state index < -0.39 is 5.56 Å². The molecular formula is C17H11ClFN5O2. The van der Waals surface area contributed by atoms with Crippen LogP contribution in [0.4, 0.5) is 4.39 Å².